The smallest absolute Gasteiger partial charge is 0.115 e. The molecule has 1 fully saturated rings. The molecule has 124 valence electrons. The lowest BCUT2D eigenvalue weighted by Crippen LogP contribution is -2.55. The quantitative estimate of drug-likeness (QED) is 0.835. The van der Waals surface area contributed by atoms with Gasteiger partial charge in [0.05, 0.1) is 0 Å². The summed E-state index contributed by atoms with van der Waals surface area (Å²) in [5, 5.41) is 13.3. The number of hydrogen-bond acceptors (Lipinski definition) is 2. The molecule has 1 saturated heterocycles. The lowest BCUT2D eigenvalue weighted by Gasteiger charge is -2.49. The van der Waals surface area contributed by atoms with Crippen molar-refractivity contribution < 1.29 is 5.11 Å². The molecule has 1 aliphatic heterocycles. The number of hydrogen-bond donors (Lipinski definition) is 2. The van der Waals surface area contributed by atoms with Gasteiger partial charge >= 0.3 is 0 Å². The van der Waals surface area contributed by atoms with E-state index < -0.39 is 0 Å². The molecule has 0 saturated carbocycles. The highest BCUT2D eigenvalue weighted by atomic mass is 16.3. The average Bonchev–Trinajstić information content (AvgIpc) is 2.39. The minimum Gasteiger partial charge on any atom is -0.508 e. The van der Waals surface area contributed by atoms with Crippen molar-refractivity contribution in [3.8, 4) is 5.75 Å². The maximum absolute atomic E-state index is 9.42. The maximum Gasteiger partial charge on any atom is 0.115 e. The lowest BCUT2D eigenvalue weighted by atomic mass is 9.63. The van der Waals surface area contributed by atoms with E-state index in [2.05, 4.69) is 59.0 Å². The highest BCUT2D eigenvalue weighted by molar-refractivity contribution is 5.26. The van der Waals surface area contributed by atoms with E-state index in [-0.39, 0.29) is 0 Å². The Labute approximate surface area is 136 Å². The Morgan fingerprint density at radius 2 is 1.59 bits per heavy atom. The third-order valence-corrected chi connectivity index (χ3v) is 5.12. The van der Waals surface area contributed by atoms with Crippen LogP contribution in [0.25, 0.3) is 0 Å². The first-order chi connectivity index (χ1) is 10.1. The predicted molar refractivity (Wildman–Crippen MR) is 94.1 cm³/mol. The van der Waals surface area contributed by atoms with Crippen LogP contribution in [0.15, 0.2) is 24.3 Å². The van der Waals surface area contributed by atoms with Gasteiger partial charge in [-0.25, -0.2) is 0 Å². The van der Waals surface area contributed by atoms with Gasteiger partial charge in [0.1, 0.15) is 5.75 Å². The Bertz CT molecular complexity index is 478. The third-order valence-electron chi connectivity index (χ3n) is 5.12. The van der Waals surface area contributed by atoms with E-state index in [1.165, 1.54) is 12.0 Å². The zero-order valence-corrected chi connectivity index (χ0v) is 15.1. The summed E-state index contributed by atoms with van der Waals surface area (Å²) >= 11 is 0. The van der Waals surface area contributed by atoms with E-state index in [9.17, 15) is 5.11 Å². The van der Waals surface area contributed by atoms with Crippen LogP contribution in [0.3, 0.4) is 0 Å². The van der Waals surface area contributed by atoms with Gasteiger partial charge in [0.2, 0.25) is 0 Å². The van der Waals surface area contributed by atoms with Crippen LogP contribution in [0, 0.1) is 22.7 Å². The second-order valence-corrected chi connectivity index (χ2v) is 9.20. The van der Waals surface area contributed by atoms with E-state index >= 15 is 0 Å². The molecule has 2 rings (SSSR count). The van der Waals surface area contributed by atoms with Crippen molar-refractivity contribution in [2.24, 2.45) is 22.7 Å². The molecule has 0 amide bonds. The van der Waals surface area contributed by atoms with Crippen molar-refractivity contribution in [2.75, 3.05) is 6.54 Å². The summed E-state index contributed by atoms with van der Waals surface area (Å²) in [6.45, 7) is 15.3. The normalized spacial score (nSPS) is 26.9. The number of phenols is 1. The van der Waals surface area contributed by atoms with Gasteiger partial charge in [-0.3, -0.25) is 0 Å². The van der Waals surface area contributed by atoms with Gasteiger partial charge in [-0.15, -0.1) is 0 Å². The molecule has 3 atom stereocenters. The predicted octanol–water partition coefficient (Wildman–Crippen LogP) is 4.62. The first-order valence-corrected chi connectivity index (χ1v) is 8.58. The number of nitrogens with one attached hydrogen (secondary N) is 1. The molecule has 22 heavy (non-hydrogen) atoms. The number of rotatable bonds is 2. The van der Waals surface area contributed by atoms with Crippen molar-refractivity contribution in [2.45, 2.75) is 60.4 Å². The summed E-state index contributed by atoms with van der Waals surface area (Å²) < 4.78 is 0. The van der Waals surface area contributed by atoms with Crippen molar-refractivity contribution in [3.05, 3.63) is 29.8 Å². The summed E-state index contributed by atoms with van der Waals surface area (Å²) in [5.74, 6) is 1.71. The number of phenolic OH excluding ortho intramolecular Hbond substituents is 1. The first kappa shape index (κ1) is 17.3. The fraction of sp³-hybridized carbons (Fsp3) is 0.700. The van der Waals surface area contributed by atoms with Gasteiger partial charge in [0.25, 0.3) is 0 Å². The Hall–Kier alpha value is -1.02. The lowest BCUT2D eigenvalue weighted by molar-refractivity contribution is 0.0486. The van der Waals surface area contributed by atoms with Crippen LogP contribution in [-0.2, 0) is 6.42 Å². The molecule has 2 heteroatoms. The van der Waals surface area contributed by atoms with Crippen molar-refractivity contribution in [1.82, 2.24) is 5.32 Å². The SMILES string of the molecule is CC(C)(C)C1CC(Cc2ccc(O)cc2)CNC1C(C)(C)C. The van der Waals surface area contributed by atoms with Gasteiger partial charge in [-0.1, -0.05) is 53.7 Å². The van der Waals surface area contributed by atoms with E-state index in [4.69, 9.17) is 0 Å². The van der Waals surface area contributed by atoms with E-state index in [1.54, 1.807) is 12.1 Å². The molecule has 2 nitrogen and oxygen atoms in total. The molecule has 0 bridgehead atoms. The monoisotopic (exact) mass is 303 g/mol. The zero-order chi connectivity index (χ0) is 16.5. The largest absolute Gasteiger partial charge is 0.508 e. The topological polar surface area (TPSA) is 32.3 Å². The van der Waals surface area contributed by atoms with Crippen LogP contribution in [0.1, 0.15) is 53.5 Å². The van der Waals surface area contributed by atoms with Crippen LogP contribution in [-0.4, -0.2) is 17.7 Å². The molecule has 1 aromatic carbocycles. The third kappa shape index (κ3) is 4.25. The highest BCUT2D eigenvalue weighted by Gasteiger charge is 2.42. The zero-order valence-electron chi connectivity index (χ0n) is 15.1. The Balaban J connectivity index is 2.10. The first-order valence-electron chi connectivity index (χ1n) is 8.58. The minimum absolute atomic E-state index is 0.293. The number of benzene rings is 1. The molecule has 1 aromatic rings. The van der Waals surface area contributed by atoms with Crippen LogP contribution in [0.4, 0.5) is 0 Å². The Kier molecular flexibility index (Phi) is 4.91. The van der Waals surface area contributed by atoms with Crippen LogP contribution in [0.2, 0.25) is 0 Å². The second-order valence-electron chi connectivity index (χ2n) is 9.20. The summed E-state index contributed by atoms with van der Waals surface area (Å²) in [4.78, 5) is 0. The molecular formula is C20H33NO. The van der Waals surface area contributed by atoms with Crippen molar-refractivity contribution >= 4 is 0 Å². The highest BCUT2D eigenvalue weighted by Crippen LogP contribution is 2.42. The Morgan fingerprint density at radius 1 is 1.00 bits per heavy atom. The average molecular weight is 303 g/mol. The van der Waals surface area contributed by atoms with Crippen LogP contribution < -0.4 is 5.32 Å². The van der Waals surface area contributed by atoms with E-state index in [1.807, 2.05) is 0 Å². The summed E-state index contributed by atoms with van der Waals surface area (Å²) in [6.07, 6.45) is 2.37. The molecule has 1 heterocycles. The van der Waals surface area contributed by atoms with Crippen molar-refractivity contribution in [3.63, 3.8) is 0 Å². The molecule has 1 aliphatic rings. The van der Waals surface area contributed by atoms with E-state index in [0.717, 1.165) is 13.0 Å². The Morgan fingerprint density at radius 3 is 2.09 bits per heavy atom. The fourth-order valence-corrected chi connectivity index (χ4v) is 3.90. The van der Waals surface area contributed by atoms with Crippen LogP contribution in [0.5, 0.6) is 5.75 Å². The maximum atomic E-state index is 9.42. The molecule has 0 aliphatic carbocycles. The molecule has 0 spiro atoms. The van der Waals surface area contributed by atoms with Gasteiger partial charge in [0.15, 0.2) is 0 Å². The van der Waals surface area contributed by atoms with Crippen molar-refractivity contribution in [1.29, 1.82) is 0 Å². The minimum atomic E-state index is 0.293. The summed E-state index contributed by atoms with van der Waals surface area (Å²) in [6, 6.07) is 8.27. The van der Waals surface area contributed by atoms with Gasteiger partial charge in [-0.2, -0.15) is 0 Å². The number of aromatic hydroxyl groups is 1. The van der Waals surface area contributed by atoms with Gasteiger partial charge in [0, 0.05) is 6.04 Å². The summed E-state index contributed by atoms with van der Waals surface area (Å²) in [5.41, 5.74) is 1.94. The van der Waals surface area contributed by atoms with Gasteiger partial charge in [-0.05, 0) is 59.7 Å². The number of piperidine rings is 1. The molecule has 0 aromatic heterocycles. The van der Waals surface area contributed by atoms with E-state index in [0.29, 0.717) is 34.5 Å². The molecular weight excluding hydrogens is 270 g/mol. The van der Waals surface area contributed by atoms with Crippen LogP contribution >= 0.6 is 0 Å². The fourth-order valence-electron chi connectivity index (χ4n) is 3.90. The molecule has 3 unspecified atom stereocenters. The standard InChI is InChI=1S/C20H33NO/c1-19(2,3)17-12-15(13-21-18(17)20(4,5)6)11-14-7-9-16(22)10-8-14/h7-10,15,17-18,21-22H,11-13H2,1-6H3. The summed E-state index contributed by atoms with van der Waals surface area (Å²) in [7, 11) is 0. The second kappa shape index (κ2) is 6.23. The molecule has 0 radical (unpaired) electrons. The molecule has 2 N–H and O–H groups in total. The van der Waals surface area contributed by atoms with Gasteiger partial charge < -0.3 is 10.4 Å².